The van der Waals surface area contributed by atoms with Crippen LogP contribution >= 0.6 is 50.7 Å². The van der Waals surface area contributed by atoms with Crippen molar-refractivity contribution in [2.45, 2.75) is 0 Å². The molecule has 0 radical (unpaired) electrons. The SMILES string of the molecule is Nc1cccc(Cl)c1Nc1ccc(Br)c(Cl)c1Cl. The van der Waals surface area contributed by atoms with Crippen LogP contribution in [0.5, 0.6) is 0 Å². The number of benzene rings is 2. The zero-order valence-electron chi connectivity index (χ0n) is 8.98. The van der Waals surface area contributed by atoms with Gasteiger partial charge in [0.1, 0.15) is 0 Å². The van der Waals surface area contributed by atoms with Gasteiger partial charge in [-0.15, -0.1) is 0 Å². The van der Waals surface area contributed by atoms with Crippen molar-refractivity contribution in [2.24, 2.45) is 0 Å². The highest BCUT2D eigenvalue weighted by molar-refractivity contribution is 9.10. The first-order chi connectivity index (χ1) is 8.50. The molecule has 0 aliphatic rings. The number of hydrogen-bond acceptors (Lipinski definition) is 2. The monoisotopic (exact) mass is 364 g/mol. The van der Waals surface area contributed by atoms with Gasteiger partial charge in [-0.1, -0.05) is 40.9 Å². The van der Waals surface area contributed by atoms with E-state index in [0.29, 0.717) is 32.1 Å². The average Bonchev–Trinajstić information content (AvgIpc) is 2.34. The first-order valence-electron chi connectivity index (χ1n) is 4.95. The summed E-state index contributed by atoms with van der Waals surface area (Å²) in [5.74, 6) is 0. The molecule has 0 aliphatic heterocycles. The Labute approximate surface area is 128 Å². The fourth-order valence-corrected chi connectivity index (χ4v) is 2.48. The van der Waals surface area contributed by atoms with E-state index in [2.05, 4.69) is 21.2 Å². The molecule has 0 atom stereocenters. The largest absolute Gasteiger partial charge is 0.397 e. The standard InChI is InChI=1S/C12H8BrCl3N2/c13-6-4-5-9(11(16)10(6)15)18-12-7(14)2-1-3-8(12)17/h1-5,18H,17H2. The fraction of sp³-hybridized carbons (Fsp3) is 0. The maximum atomic E-state index is 6.14. The van der Waals surface area contributed by atoms with Gasteiger partial charge in [0, 0.05) is 4.47 Å². The zero-order chi connectivity index (χ0) is 13.3. The minimum absolute atomic E-state index is 0.408. The summed E-state index contributed by atoms with van der Waals surface area (Å²) in [4.78, 5) is 0. The van der Waals surface area contributed by atoms with Crippen LogP contribution < -0.4 is 11.1 Å². The second kappa shape index (κ2) is 5.57. The Morgan fingerprint density at radius 1 is 1.00 bits per heavy atom. The smallest absolute Gasteiger partial charge is 0.0838 e. The summed E-state index contributed by atoms with van der Waals surface area (Å²) in [6.45, 7) is 0. The summed E-state index contributed by atoms with van der Waals surface area (Å²) in [6, 6.07) is 8.86. The van der Waals surface area contributed by atoms with Crippen LogP contribution in [0, 0.1) is 0 Å². The van der Waals surface area contributed by atoms with Crippen molar-refractivity contribution in [2.75, 3.05) is 11.1 Å². The Bertz CT molecular complexity index is 582. The van der Waals surface area contributed by atoms with Crippen LogP contribution in [-0.2, 0) is 0 Å². The summed E-state index contributed by atoms with van der Waals surface area (Å²) in [5, 5.41) is 4.45. The summed E-state index contributed by atoms with van der Waals surface area (Å²) < 4.78 is 0.729. The quantitative estimate of drug-likeness (QED) is 0.526. The Morgan fingerprint density at radius 3 is 2.39 bits per heavy atom. The van der Waals surface area contributed by atoms with Gasteiger partial charge in [0.15, 0.2) is 0 Å². The summed E-state index contributed by atoms with van der Waals surface area (Å²) in [7, 11) is 0. The molecular weight excluding hydrogens is 358 g/mol. The molecule has 18 heavy (non-hydrogen) atoms. The highest BCUT2D eigenvalue weighted by atomic mass is 79.9. The molecule has 0 heterocycles. The van der Waals surface area contributed by atoms with Gasteiger partial charge < -0.3 is 11.1 Å². The number of nitrogen functional groups attached to an aromatic ring is 1. The number of nitrogens with two attached hydrogens (primary N) is 1. The Kier molecular flexibility index (Phi) is 4.28. The maximum Gasteiger partial charge on any atom is 0.0838 e. The van der Waals surface area contributed by atoms with Crippen LogP contribution in [0.3, 0.4) is 0 Å². The third-order valence-electron chi connectivity index (χ3n) is 2.34. The van der Waals surface area contributed by atoms with Gasteiger partial charge >= 0.3 is 0 Å². The Balaban J connectivity index is 2.44. The average molecular weight is 366 g/mol. The van der Waals surface area contributed by atoms with Gasteiger partial charge in [0.25, 0.3) is 0 Å². The molecule has 0 aliphatic carbocycles. The third-order valence-corrected chi connectivity index (χ3v) is 4.43. The molecule has 0 unspecified atom stereocenters. The molecule has 0 fully saturated rings. The zero-order valence-corrected chi connectivity index (χ0v) is 12.8. The van der Waals surface area contributed by atoms with Gasteiger partial charge in [0.05, 0.1) is 32.1 Å². The molecule has 0 saturated heterocycles. The predicted molar refractivity (Wildman–Crippen MR) is 83.3 cm³/mol. The highest BCUT2D eigenvalue weighted by Gasteiger charge is 2.11. The minimum Gasteiger partial charge on any atom is -0.397 e. The van der Waals surface area contributed by atoms with Crippen molar-refractivity contribution in [3.63, 3.8) is 0 Å². The predicted octanol–water partition coefficient (Wildman–Crippen LogP) is 5.74. The van der Waals surface area contributed by atoms with Crippen molar-refractivity contribution >= 4 is 67.8 Å². The molecule has 6 heteroatoms. The van der Waals surface area contributed by atoms with Gasteiger partial charge in [-0.2, -0.15) is 0 Å². The van der Waals surface area contributed by atoms with Crippen LogP contribution in [0.2, 0.25) is 15.1 Å². The second-order valence-corrected chi connectivity index (χ2v) is 5.57. The molecule has 2 rings (SSSR count). The summed E-state index contributed by atoms with van der Waals surface area (Å²) in [5.41, 5.74) is 7.65. The highest BCUT2D eigenvalue weighted by Crippen LogP contribution is 2.39. The first-order valence-corrected chi connectivity index (χ1v) is 6.88. The molecule has 0 spiro atoms. The lowest BCUT2D eigenvalue weighted by molar-refractivity contribution is 1.53. The molecule has 0 aromatic heterocycles. The van der Waals surface area contributed by atoms with Gasteiger partial charge in [-0.3, -0.25) is 0 Å². The van der Waals surface area contributed by atoms with Gasteiger partial charge in [0.2, 0.25) is 0 Å². The lowest BCUT2D eigenvalue weighted by Crippen LogP contribution is -1.97. The molecule has 0 amide bonds. The molecule has 0 bridgehead atoms. The van der Waals surface area contributed by atoms with E-state index in [0.717, 1.165) is 4.47 Å². The Hall–Kier alpha value is -0.610. The van der Waals surface area contributed by atoms with E-state index in [1.165, 1.54) is 0 Å². The molecule has 2 aromatic carbocycles. The van der Waals surface area contributed by atoms with Crippen molar-refractivity contribution in [1.29, 1.82) is 0 Å². The van der Waals surface area contributed by atoms with E-state index in [4.69, 9.17) is 40.5 Å². The topological polar surface area (TPSA) is 38.0 Å². The maximum absolute atomic E-state index is 6.14. The lowest BCUT2D eigenvalue weighted by atomic mass is 10.2. The molecule has 3 N–H and O–H groups in total. The van der Waals surface area contributed by atoms with Gasteiger partial charge in [-0.05, 0) is 40.2 Å². The van der Waals surface area contributed by atoms with Crippen LogP contribution in [-0.4, -0.2) is 0 Å². The van der Waals surface area contributed by atoms with E-state index in [-0.39, 0.29) is 0 Å². The number of para-hydroxylation sites is 1. The van der Waals surface area contributed by atoms with Gasteiger partial charge in [-0.25, -0.2) is 0 Å². The number of anilines is 3. The van der Waals surface area contributed by atoms with Crippen molar-refractivity contribution in [3.8, 4) is 0 Å². The number of halogens is 4. The van der Waals surface area contributed by atoms with Crippen LogP contribution in [0.1, 0.15) is 0 Å². The number of hydrogen-bond donors (Lipinski definition) is 2. The first kappa shape index (κ1) is 13.8. The summed E-state index contributed by atoms with van der Waals surface area (Å²) >= 11 is 21.6. The van der Waals surface area contributed by atoms with Crippen LogP contribution in [0.4, 0.5) is 17.1 Å². The third kappa shape index (κ3) is 2.69. The lowest BCUT2D eigenvalue weighted by Gasteiger charge is -2.13. The van der Waals surface area contributed by atoms with E-state index < -0.39 is 0 Å². The van der Waals surface area contributed by atoms with Crippen LogP contribution in [0.25, 0.3) is 0 Å². The van der Waals surface area contributed by atoms with Crippen LogP contribution in [0.15, 0.2) is 34.8 Å². The van der Waals surface area contributed by atoms with E-state index in [9.17, 15) is 0 Å². The van der Waals surface area contributed by atoms with Crippen molar-refractivity contribution in [3.05, 3.63) is 49.9 Å². The summed E-state index contributed by atoms with van der Waals surface area (Å²) in [6.07, 6.45) is 0. The molecule has 94 valence electrons. The van der Waals surface area contributed by atoms with E-state index >= 15 is 0 Å². The molecule has 2 aromatic rings. The minimum atomic E-state index is 0.408. The normalized spacial score (nSPS) is 10.4. The van der Waals surface area contributed by atoms with Crippen molar-refractivity contribution < 1.29 is 0 Å². The van der Waals surface area contributed by atoms with E-state index in [1.807, 2.05) is 0 Å². The van der Waals surface area contributed by atoms with Crippen molar-refractivity contribution in [1.82, 2.24) is 0 Å². The molecular formula is C12H8BrCl3N2. The number of nitrogens with one attached hydrogen (secondary N) is 1. The molecule has 2 nitrogen and oxygen atoms in total. The molecule has 0 saturated carbocycles. The number of rotatable bonds is 2. The Morgan fingerprint density at radius 2 is 1.72 bits per heavy atom. The fourth-order valence-electron chi connectivity index (χ4n) is 1.43. The van der Waals surface area contributed by atoms with E-state index in [1.54, 1.807) is 30.3 Å². The second-order valence-electron chi connectivity index (χ2n) is 3.55.